The van der Waals surface area contributed by atoms with Gasteiger partial charge in [-0.05, 0) is 36.3 Å². The molecular weight excluding hydrogens is 340 g/mol. The average Bonchev–Trinajstić information content (AvgIpc) is 3.12. The number of carbonyl (C=O) groups is 2. The molecule has 5 heteroatoms. The molecule has 3 rings (SSSR count). The van der Waals surface area contributed by atoms with Gasteiger partial charge in [0.15, 0.2) is 0 Å². The number of furan rings is 1. The Kier molecular flexibility index (Phi) is 5.84. The van der Waals surface area contributed by atoms with Gasteiger partial charge in [0.2, 0.25) is 5.91 Å². The van der Waals surface area contributed by atoms with Gasteiger partial charge in [-0.15, -0.1) is 0 Å². The number of hydrazine groups is 1. The van der Waals surface area contributed by atoms with Crippen LogP contribution in [-0.2, 0) is 9.59 Å². The van der Waals surface area contributed by atoms with Crippen LogP contribution < -0.4 is 10.9 Å². The standard InChI is InChI=1S/C22H20N2O3/c1-16-12-13-19(27-16)14-15-20(25)23-24-22(26)21(17-8-4-2-5-9-17)18-10-6-3-7-11-18/h2-15,21H,1H3,(H,23,25)(H,24,26)/b15-14+. The number of amides is 2. The smallest absolute Gasteiger partial charge is 0.262 e. The topological polar surface area (TPSA) is 71.3 Å². The molecule has 0 fully saturated rings. The Morgan fingerprint density at radius 3 is 1.96 bits per heavy atom. The fraction of sp³-hybridized carbons (Fsp3) is 0.0909. The summed E-state index contributed by atoms with van der Waals surface area (Å²) < 4.78 is 5.36. The molecule has 136 valence electrons. The first-order valence-electron chi connectivity index (χ1n) is 8.58. The molecule has 0 atom stereocenters. The Balaban J connectivity index is 1.68. The molecule has 0 saturated carbocycles. The van der Waals surface area contributed by atoms with E-state index in [-0.39, 0.29) is 5.91 Å². The van der Waals surface area contributed by atoms with Gasteiger partial charge in [0.1, 0.15) is 11.5 Å². The van der Waals surface area contributed by atoms with E-state index in [0.29, 0.717) is 5.76 Å². The minimum atomic E-state index is -0.524. The molecule has 2 amide bonds. The van der Waals surface area contributed by atoms with Gasteiger partial charge in [0, 0.05) is 6.08 Å². The summed E-state index contributed by atoms with van der Waals surface area (Å²) in [6.07, 6.45) is 2.85. The highest BCUT2D eigenvalue weighted by molar-refractivity contribution is 5.94. The largest absolute Gasteiger partial charge is 0.462 e. The zero-order valence-electron chi connectivity index (χ0n) is 14.9. The monoisotopic (exact) mass is 360 g/mol. The maximum atomic E-state index is 12.8. The average molecular weight is 360 g/mol. The van der Waals surface area contributed by atoms with E-state index in [2.05, 4.69) is 10.9 Å². The van der Waals surface area contributed by atoms with Gasteiger partial charge in [-0.1, -0.05) is 60.7 Å². The van der Waals surface area contributed by atoms with Gasteiger partial charge in [0.25, 0.3) is 5.91 Å². The molecule has 0 radical (unpaired) electrons. The van der Waals surface area contributed by atoms with Crippen molar-refractivity contribution in [1.82, 2.24) is 10.9 Å². The number of hydrogen-bond acceptors (Lipinski definition) is 3. The molecular formula is C22H20N2O3. The number of rotatable bonds is 5. The Hall–Kier alpha value is -3.60. The summed E-state index contributed by atoms with van der Waals surface area (Å²) in [5, 5.41) is 0. The van der Waals surface area contributed by atoms with E-state index < -0.39 is 11.8 Å². The fourth-order valence-electron chi connectivity index (χ4n) is 2.72. The summed E-state index contributed by atoms with van der Waals surface area (Å²) in [5.74, 6) is 0.0435. The number of aryl methyl sites for hydroxylation is 1. The highest BCUT2D eigenvalue weighted by Crippen LogP contribution is 2.24. The Morgan fingerprint density at radius 2 is 1.44 bits per heavy atom. The van der Waals surface area contributed by atoms with Crippen LogP contribution in [0.15, 0.2) is 83.3 Å². The van der Waals surface area contributed by atoms with E-state index >= 15 is 0 Å². The van der Waals surface area contributed by atoms with Gasteiger partial charge in [-0.3, -0.25) is 20.4 Å². The van der Waals surface area contributed by atoms with Crippen molar-refractivity contribution in [2.75, 3.05) is 0 Å². The van der Waals surface area contributed by atoms with Crippen LogP contribution in [-0.4, -0.2) is 11.8 Å². The molecule has 27 heavy (non-hydrogen) atoms. The second-order valence-electron chi connectivity index (χ2n) is 6.01. The zero-order chi connectivity index (χ0) is 19.1. The van der Waals surface area contributed by atoms with Crippen LogP contribution in [0.2, 0.25) is 0 Å². The zero-order valence-corrected chi connectivity index (χ0v) is 14.9. The third-order valence-corrected chi connectivity index (χ3v) is 4.00. The van der Waals surface area contributed by atoms with Crippen LogP contribution in [0.25, 0.3) is 6.08 Å². The lowest BCUT2D eigenvalue weighted by Crippen LogP contribution is -2.43. The normalized spacial score (nSPS) is 10.9. The van der Waals surface area contributed by atoms with Crippen molar-refractivity contribution < 1.29 is 14.0 Å². The molecule has 2 N–H and O–H groups in total. The molecule has 3 aromatic rings. The van der Waals surface area contributed by atoms with Crippen molar-refractivity contribution in [3.8, 4) is 0 Å². The molecule has 0 unspecified atom stereocenters. The molecule has 5 nitrogen and oxygen atoms in total. The van der Waals surface area contributed by atoms with E-state index in [4.69, 9.17) is 4.42 Å². The first-order chi connectivity index (χ1) is 13.1. The lowest BCUT2D eigenvalue weighted by Gasteiger charge is -2.17. The van der Waals surface area contributed by atoms with Gasteiger partial charge in [0.05, 0.1) is 5.92 Å². The lowest BCUT2D eigenvalue weighted by atomic mass is 9.91. The van der Waals surface area contributed by atoms with Crippen molar-refractivity contribution in [3.05, 3.63) is 102 Å². The summed E-state index contributed by atoms with van der Waals surface area (Å²) in [6, 6.07) is 22.4. The Labute approximate surface area is 157 Å². The minimum Gasteiger partial charge on any atom is -0.462 e. The second-order valence-corrected chi connectivity index (χ2v) is 6.01. The summed E-state index contributed by atoms with van der Waals surface area (Å²) >= 11 is 0. The molecule has 0 spiro atoms. The Morgan fingerprint density at radius 1 is 0.852 bits per heavy atom. The first-order valence-corrected chi connectivity index (χ1v) is 8.58. The van der Waals surface area contributed by atoms with Crippen molar-refractivity contribution in [3.63, 3.8) is 0 Å². The van der Waals surface area contributed by atoms with E-state index in [0.717, 1.165) is 16.9 Å². The summed E-state index contributed by atoms with van der Waals surface area (Å²) in [7, 11) is 0. The minimum absolute atomic E-state index is 0.317. The SMILES string of the molecule is Cc1ccc(/C=C/C(=O)NNC(=O)C(c2ccccc2)c2ccccc2)o1. The Bertz CT molecular complexity index is 891. The number of hydrogen-bond donors (Lipinski definition) is 2. The van der Waals surface area contributed by atoms with Gasteiger partial charge >= 0.3 is 0 Å². The lowest BCUT2D eigenvalue weighted by molar-refractivity contribution is -0.127. The summed E-state index contributed by atoms with van der Waals surface area (Å²) in [6.45, 7) is 1.82. The van der Waals surface area contributed by atoms with Crippen molar-refractivity contribution >= 4 is 17.9 Å². The van der Waals surface area contributed by atoms with Gasteiger partial charge in [-0.25, -0.2) is 0 Å². The molecule has 1 heterocycles. The molecule has 0 aliphatic rings. The fourth-order valence-corrected chi connectivity index (χ4v) is 2.72. The van der Waals surface area contributed by atoms with Crippen molar-refractivity contribution in [2.45, 2.75) is 12.8 Å². The predicted molar refractivity (Wildman–Crippen MR) is 103 cm³/mol. The molecule has 0 bridgehead atoms. The third-order valence-electron chi connectivity index (χ3n) is 4.00. The van der Waals surface area contributed by atoms with Crippen LogP contribution in [0.5, 0.6) is 0 Å². The van der Waals surface area contributed by atoms with Gasteiger partial charge in [-0.2, -0.15) is 0 Å². The van der Waals surface area contributed by atoms with Crippen LogP contribution in [0.3, 0.4) is 0 Å². The predicted octanol–water partition coefficient (Wildman–Crippen LogP) is 3.58. The van der Waals surface area contributed by atoms with Crippen molar-refractivity contribution in [1.29, 1.82) is 0 Å². The van der Waals surface area contributed by atoms with E-state index in [1.54, 1.807) is 12.1 Å². The van der Waals surface area contributed by atoms with Gasteiger partial charge < -0.3 is 4.42 Å². The van der Waals surface area contributed by atoms with Crippen LogP contribution in [0, 0.1) is 6.92 Å². The van der Waals surface area contributed by atoms with E-state index in [9.17, 15) is 9.59 Å². The second kappa shape index (κ2) is 8.67. The maximum absolute atomic E-state index is 12.8. The highest BCUT2D eigenvalue weighted by atomic mass is 16.3. The van der Waals surface area contributed by atoms with E-state index in [1.807, 2.05) is 73.7 Å². The first kappa shape index (κ1) is 18.2. The van der Waals surface area contributed by atoms with Crippen LogP contribution in [0.4, 0.5) is 0 Å². The van der Waals surface area contributed by atoms with Crippen LogP contribution in [0.1, 0.15) is 28.6 Å². The highest BCUT2D eigenvalue weighted by Gasteiger charge is 2.22. The summed E-state index contributed by atoms with van der Waals surface area (Å²) in [5.41, 5.74) is 6.60. The van der Waals surface area contributed by atoms with E-state index in [1.165, 1.54) is 6.08 Å². The van der Waals surface area contributed by atoms with Crippen molar-refractivity contribution in [2.24, 2.45) is 0 Å². The molecule has 0 saturated heterocycles. The third kappa shape index (κ3) is 4.95. The summed E-state index contributed by atoms with van der Waals surface area (Å²) in [4.78, 5) is 24.7. The number of nitrogens with one attached hydrogen (secondary N) is 2. The quantitative estimate of drug-likeness (QED) is 0.540. The molecule has 0 aliphatic heterocycles. The number of benzene rings is 2. The van der Waals surface area contributed by atoms with Crippen LogP contribution >= 0.6 is 0 Å². The molecule has 0 aliphatic carbocycles. The molecule has 1 aromatic heterocycles. The maximum Gasteiger partial charge on any atom is 0.262 e. The molecule has 2 aromatic carbocycles. The number of carbonyl (C=O) groups excluding carboxylic acids is 2.